The number of benzene rings is 2. The van der Waals surface area contributed by atoms with Crippen molar-refractivity contribution in [3.05, 3.63) is 95.6 Å². The molecule has 0 aliphatic carbocycles. The number of alkyl carbamates (subject to hydrolysis) is 1. The summed E-state index contributed by atoms with van der Waals surface area (Å²) in [7, 11) is 0. The second-order valence-electron chi connectivity index (χ2n) is 14.5. The summed E-state index contributed by atoms with van der Waals surface area (Å²) < 4.78 is 16.9. The zero-order valence-corrected chi connectivity index (χ0v) is 30.9. The number of nitrogens with one attached hydrogen (secondary N) is 2. The van der Waals surface area contributed by atoms with E-state index in [2.05, 4.69) is 31.6 Å². The van der Waals surface area contributed by atoms with E-state index < -0.39 is 11.7 Å². The number of nitrogens with zero attached hydrogens (tertiary/aromatic N) is 3. The molecule has 10 nitrogen and oxygen atoms in total. The van der Waals surface area contributed by atoms with E-state index in [-0.39, 0.29) is 18.1 Å². The summed E-state index contributed by atoms with van der Waals surface area (Å²) in [5.41, 5.74) is 7.15. The van der Waals surface area contributed by atoms with Crippen LogP contribution in [0.5, 0.6) is 5.75 Å². The standard InChI is InChI=1S/C41H51N5O5/c1-27(2)49-17-18-50-36-14-12-31(13-15-36)37-22-38(43-23-28(37)3)39(47)44-35-20-30(19-33(21-35)32-11-10-29(4)42-24-32)25-46-16-8-9-34(26-46)45-40(48)51-41(5,6)7/h10-15,19-24,27,34H,8-9,16-18,25-26H2,1-7H3,(H,44,47)(H,45,48)/t34-/m0/s1. The summed E-state index contributed by atoms with van der Waals surface area (Å²) in [4.78, 5) is 37.5. The van der Waals surface area contributed by atoms with E-state index in [4.69, 9.17) is 14.2 Å². The fraction of sp³-hybridized carbons (Fsp3) is 0.415. The van der Waals surface area contributed by atoms with Crippen LogP contribution in [0.4, 0.5) is 10.5 Å². The van der Waals surface area contributed by atoms with Crippen molar-refractivity contribution in [3.63, 3.8) is 0 Å². The summed E-state index contributed by atoms with van der Waals surface area (Å²) in [5, 5.41) is 6.15. The fourth-order valence-corrected chi connectivity index (χ4v) is 6.04. The molecule has 1 saturated heterocycles. The molecule has 1 fully saturated rings. The number of aryl methyl sites for hydroxylation is 2. The largest absolute Gasteiger partial charge is 0.491 e. The molecule has 2 N–H and O–H groups in total. The number of likely N-dealkylation sites (tertiary alicyclic amines) is 1. The van der Waals surface area contributed by atoms with Crippen molar-refractivity contribution in [2.45, 2.75) is 85.6 Å². The van der Waals surface area contributed by atoms with Gasteiger partial charge in [0.2, 0.25) is 0 Å². The van der Waals surface area contributed by atoms with E-state index in [0.29, 0.717) is 37.7 Å². The van der Waals surface area contributed by atoms with Gasteiger partial charge in [-0.1, -0.05) is 18.2 Å². The smallest absolute Gasteiger partial charge is 0.407 e. The summed E-state index contributed by atoms with van der Waals surface area (Å²) in [5.74, 6) is 0.459. The van der Waals surface area contributed by atoms with Crippen LogP contribution in [0.3, 0.4) is 0 Å². The van der Waals surface area contributed by atoms with Gasteiger partial charge in [-0.2, -0.15) is 0 Å². The number of carbonyl (C=O) groups excluding carboxylic acids is 2. The Morgan fingerprint density at radius 2 is 1.69 bits per heavy atom. The van der Waals surface area contributed by atoms with Gasteiger partial charge >= 0.3 is 6.09 Å². The molecule has 5 rings (SSSR count). The van der Waals surface area contributed by atoms with Crippen molar-refractivity contribution in [2.75, 3.05) is 31.6 Å². The van der Waals surface area contributed by atoms with Crippen LogP contribution in [0, 0.1) is 13.8 Å². The highest BCUT2D eigenvalue weighted by Gasteiger charge is 2.25. The average molecular weight is 694 g/mol. The van der Waals surface area contributed by atoms with Crippen LogP contribution in [-0.2, 0) is 16.0 Å². The minimum atomic E-state index is -0.551. The van der Waals surface area contributed by atoms with Crippen LogP contribution in [-0.4, -0.2) is 70.9 Å². The molecule has 1 aliphatic heterocycles. The molecule has 51 heavy (non-hydrogen) atoms. The SMILES string of the molecule is Cc1ccc(-c2cc(CN3CCC[C@H](NC(=O)OC(C)(C)C)C3)cc(NC(=O)c3cc(-c4ccc(OCCOC(C)C)cc4)c(C)cn3)c2)cn1. The molecule has 2 aromatic carbocycles. The molecular formula is C41H51N5O5. The van der Waals surface area contributed by atoms with E-state index in [9.17, 15) is 9.59 Å². The number of hydrogen-bond acceptors (Lipinski definition) is 8. The lowest BCUT2D eigenvalue weighted by Gasteiger charge is -2.33. The van der Waals surface area contributed by atoms with Crippen LogP contribution in [0.2, 0.25) is 0 Å². The van der Waals surface area contributed by atoms with Gasteiger partial charge in [0.1, 0.15) is 23.7 Å². The Morgan fingerprint density at radius 3 is 2.39 bits per heavy atom. The monoisotopic (exact) mass is 693 g/mol. The number of hydrogen-bond donors (Lipinski definition) is 2. The number of ether oxygens (including phenoxy) is 3. The second kappa shape index (κ2) is 16.9. The Hall–Kier alpha value is -4.80. The first-order chi connectivity index (χ1) is 24.3. The van der Waals surface area contributed by atoms with Crippen molar-refractivity contribution in [3.8, 4) is 28.0 Å². The Kier molecular flexibility index (Phi) is 12.4. The number of rotatable bonds is 12. The van der Waals surface area contributed by atoms with Gasteiger partial charge < -0.3 is 24.8 Å². The van der Waals surface area contributed by atoms with Crippen LogP contribution < -0.4 is 15.4 Å². The van der Waals surface area contributed by atoms with Crippen molar-refractivity contribution >= 4 is 17.7 Å². The molecule has 0 spiro atoms. The highest BCUT2D eigenvalue weighted by molar-refractivity contribution is 6.04. The number of anilines is 1. The molecule has 270 valence electrons. The van der Waals surface area contributed by atoms with Crippen LogP contribution in [0.25, 0.3) is 22.3 Å². The van der Waals surface area contributed by atoms with Crippen molar-refractivity contribution in [2.24, 2.45) is 0 Å². The zero-order valence-electron chi connectivity index (χ0n) is 30.9. The number of aromatic nitrogens is 2. The molecule has 0 bridgehead atoms. The minimum absolute atomic E-state index is 0.00731. The van der Waals surface area contributed by atoms with Crippen molar-refractivity contribution in [1.82, 2.24) is 20.2 Å². The van der Waals surface area contributed by atoms with Gasteiger partial charge in [0.05, 0.1) is 12.7 Å². The predicted octanol–water partition coefficient (Wildman–Crippen LogP) is 7.97. The lowest BCUT2D eigenvalue weighted by molar-refractivity contribution is 0.0470. The topological polar surface area (TPSA) is 115 Å². The lowest BCUT2D eigenvalue weighted by atomic mass is 10.0. The van der Waals surface area contributed by atoms with Crippen LogP contribution in [0.15, 0.2) is 73.1 Å². The third-order valence-corrected chi connectivity index (χ3v) is 8.43. The van der Waals surface area contributed by atoms with Gasteiger partial charge in [-0.25, -0.2) is 4.79 Å². The molecular weight excluding hydrogens is 642 g/mol. The zero-order chi connectivity index (χ0) is 36.5. The van der Waals surface area contributed by atoms with E-state index in [1.165, 1.54) is 0 Å². The van der Waals surface area contributed by atoms with Gasteiger partial charge in [-0.05, 0) is 138 Å². The molecule has 0 radical (unpaired) electrons. The summed E-state index contributed by atoms with van der Waals surface area (Å²) in [6, 6.07) is 19.8. The molecule has 1 aliphatic rings. The number of pyridine rings is 2. The molecule has 2 amide bonds. The van der Waals surface area contributed by atoms with Crippen LogP contribution >= 0.6 is 0 Å². The normalized spacial score (nSPS) is 15.0. The number of piperidine rings is 1. The van der Waals surface area contributed by atoms with Gasteiger partial charge in [-0.3, -0.25) is 19.7 Å². The molecule has 1 atom stereocenters. The third kappa shape index (κ3) is 11.4. The molecule has 3 heterocycles. The summed E-state index contributed by atoms with van der Waals surface area (Å²) >= 11 is 0. The van der Waals surface area contributed by atoms with Crippen molar-refractivity contribution < 1.29 is 23.8 Å². The van der Waals surface area contributed by atoms with Gasteiger partial charge in [-0.15, -0.1) is 0 Å². The highest BCUT2D eigenvalue weighted by atomic mass is 16.6. The highest BCUT2D eigenvalue weighted by Crippen LogP contribution is 2.29. The maximum Gasteiger partial charge on any atom is 0.407 e. The Balaban J connectivity index is 1.32. The van der Waals surface area contributed by atoms with E-state index in [0.717, 1.165) is 64.2 Å². The molecule has 2 aromatic heterocycles. The Bertz CT molecular complexity index is 1780. The maximum absolute atomic E-state index is 13.7. The molecule has 0 unspecified atom stereocenters. The fourth-order valence-electron chi connectivity index (χ4n) is 6.04. The Morgan fingerprint density at radius 1 is 0.922 bits per heavy atom. The average Bonchev–Trinajstić information content (AvgIpc) is 3.06. The molecule has 0 saturated carbocycles. The Labute approximate surface area is 301 Å². The second-order valence-corrected chi connectivity index (χ2v) is 14.5. The minimum Gasteiger partial charge on any atom is -0.491 e. The first kappa shape index (κ1) is 37.5. The number of amides is 2. The quantitative estimate of drug-likeness (QED) is 0.144. The van der Waals surface area contributed by atoms with E-state index in [1.54, 1.807) is 6.20 Å². The summed E-state index contributed by atoms with van der Waals surface area (Å²) in [6.45, 7) is 16.8. The molecule has 10 heteroatoms. The van der Waals surface area contributed by atoms with E-state index >= 15 is 0 Å². The van der Waals surface area contributed by atoms with Crippen LogP contribution in [0.1, 0.15) is 74.8 Å². The van der Waals surface area contributed by atoms with Crippen molar-refractivity contribution in [1.29, 1.82) is 0 Å². The van der Waals surface area contributed by atoms with Gasteiger partial charge in [0.25, 0.3) is 5.91 Å². The first-order valence-electron chi connectivity index (χ1n) is 17.7. The summed E-state index contributed by atoms with van der Waals surface area (Å²) in [6.07, 6.45) is 5.20. The van der Waals surface area contributed by atoms with Gasteiger partial charge in [0, 0.05) is 48.5 Å². The lowest BCUT2D eigenvalue weighted by Crippen LogP contribution is -2.48. The third-order valence-electron chi connectivity index (χ3n) is 8.43. The first-order valence-corrected chi connectivity index (χ1v) is 17.7. The number of carbonyl (C=O) groups is 2. The van der Waals surface area contributed by atoms with E-state index in [1.807, 2.05) is 109 Å². The predicted molar refractivity (Wildman–Crippen MR) is 201 cm³/mol. The molecule has 4 aromatic rings. The maximum atomic E-state index is 13.7. The van der Waals surface area contributed by atoms with Gasteiger partial charge in [0.15, 0.2) is 0 Å².